The molecule has 0 spiro atoms. The van der Waals surface area contributed by atoms with Gasteiger partial charge in [0.05, 0.1) is 32.8 Å². The third-order valence-electron chi connectivity index (χ3n) is 7.59. The number of nitrogens with zero attached hydrogens (tertiary/aromatic N) is 2. The third kappa shape index (κ3) is 7.74. The molecule has 2 nitrogen and oxygen atoms in total. The first kappa shape index (κ1) is 34.6. The second kappa shape index (κ2) is 15.8. The van der Waals surface area contributed by atoms with Crippen molar-refractivity contribution in [1.29, 1.82) is 0 Å². The fourth-order valence-electron chi connectivity index (χ4n) is 5.19. The molecule has 0 atom stereocenters. The number of aliphatic imine (C=N–C) groups is 2. The van der Waals surface area contributed by atoms with Crippen LogP contribution in [0.2, 0.25) is 10.0 Å². The number of benzene rings is 6. The Hall–Kier alpha value is -4.27. The molecule has 0 saturated carbocycles. The van der Waals surface area contributed by atoms with Gasteiger partial charge in [-0.15, -0.1) is 0 Å². The van der Waals surface area contributed by atoms with Crippen LogP contribution < -0.4 is 0 Å². The summed E-state index contributed by atoms with van der Waals surface area (Å²) in [6, 6.07) is 49.2. The molecule has 0 bridgehead atoms. The zero-order valence-electron chi connectivity index (χ0n) is 25.8. The Balaban J connectivity index is 0.00000240. The van der Waals surface area contributed by atoms with Gasteiger partial charge in [0.25, 0.3) is 0 Å². The standard InChI is InChI=1S/C40H30Cl2N2.CH3.Ni/c1-27(43-39-35(31-19-11-5-12-20-31)23-33(25-37(39)41)29-15-7-3-8-16-29)28(2)44-40-36(32-21-13-6-14-22-32)24-34(26-38(40)42)30-17-9-4-10-18-30;;/h3-26H,1-2H3;1H3;/q;-1;. The molecule has 0 aliphatic rings. The Bertz CT molecular complexity index is 1830. The van der Waals surface area contributed by atoms with Crippen LogP contribution in [-0.4, -0.2) is 11.4 Å². The van der Waals surface area contributed by atoms with E-state index in [0.29, 0.717) is 21.4 Å². The van der Waals surface area contributed by atoms with E-state index in [9.17, 15) is 0 Å². The van der Waals surface area contributed by atoms with Gasteiger partial charge in [0, 0.05) is 27.6 Å². The van der Waals surface area contributed by atoms with Crippen LogP contribution in [0, 0.1) is 7.43 Å². The van der Waals surface area contributed by atoms with Crippen molar-refractivity contribution in [2.75, 3.05) is 0 Å². The van der Waals surface area contributed by atoms with Crippen molar-refractivity contribution in [2.45, 2.75) is 13.8 Å². The van der Waals surface area contributed by atoms with Gasteiger partial charge in [-0.3, -0.25) is 0 Å². The summed E-state index contributed by atoms with van der Waals surface area (Å²) in [7, 11) is 0. The molecule has 0 unspecified atom stereocenters. The van der Waals surface area contributed by atoms with E-state index in [4.69, 9.17) is 33.2 Å². The van der Waals surface area contributed by atoms with Crippen LogP contribution in [0.4, 0.5) is 11.4 Å². The monoisotopic (exact) mass is 681 g/mol. The Morgan fingerprint density at radius 1 is 0.413 bits per heavy atom. The molecule has 0 N–H and O–H groups in total. The quantitative estimate of drug-likeness (QED) is 0.0909. The Labute approximate surface area is 292 Å². The summed E-state index contributed by atoms with van der Waals surface area (Å²) < 4.78 is 0. The molecule has 0 saturated heterocycles. The largest absolute Gasteiger partial charge is 0.358 e. The van der Waals surface area contributed by atoms with Crippen molar-refractivity contribution < 1.29 is 16.5 Å². The molecule has 5 heteroatoms. The summed E-state index contributed by atoms with van der Waals surface area (Å²) in [6.07, 6.45) is 0. The van der Waals surface area contributed by atoms with E-state index in [1.165, 1.54) is 0 Å². The molecule has 0 fully saturated rings. The van der Waals surface area contributed by atoms with E-state index in [1.54, 1.807) is 0 Å². The van der Waals surface area contributed by atoms with Gasteiger partial charge in [0.2, 0.25) is 0 Å². The summed E-state index contributed by atoms with van der Waals surface area (Å²) in [6.45, 7) is 3.92. The third-order valence-corrected chi connectivity index (χ3v) is 8.17. The number of hydrogen-bond acceptors (Lipinski definition) is 2. The number of halogens is 2. The van der Waals surface area contributed by atoms with Crippen LogP contribution in [0.3, 0.4) is 0 Å². The molecule has 0 radical (unpaired) electrons. The van der Waals surface area contributed by atoms with Gasteiger partial charge in [-0.05, 0) is 71.5 Å². The minimum absolute atomic E-state index is 0. The molecule has 0 aromatic heterocycles. The average Bonchev–Trinajstić information content (AvgIpc) is 3.07. The molecule has 0 heterocycles. The predicted octanol–water partition coefficient (Wildman–Crippen LogP) is 13.0. The smallest absolute Gasteiger partial charge is 0.0898 e. The Morgan fingerprint density at radius 3 is 1.00 bits per heavy atom. The first-order chi connectivity index (χ1) is 21.5. The molecule has 232 valence electrons. The van der Waals surface area contributed by atoms with Crippen molar-refractivity contribution in [3.63, 3.8) is 0 Å². The van der Waals surface area contributed by atoms with Gasteiger partial charge in [0.15, 0.2) is 0 Å². The van der Waals surface area contributed by atoms with Gasteiger partial charge in [-0.25, -0.2) is 9.98 Å². The molecule has 6 rings (SSSR count). The van der Waals surface area contributed by atoms with Crippen LogP contribution in [0.25, 0.3) is 44.5 Å². The topological polar surface area (TPSA) is 24.7 Å². The maximum absolute atomic E-state index is 6.98. The van der Waals surface area contributed by atoms with Gasteiger partial charge < -0.3 is 7.43 Å². The second-order valence-corrected chi connectivity index (χ2v) is 11.4. The molecular weight excluding hydrogens is 650 g/mol. The minimum Gasteiger partial charge on any atom is -0.358 e. The fraction of sp³-hybridized carbons (Fsp3) is 0.0488. The van der Waals surface area contributed by atoms with Crippen molar-refractivity contribution in [2.24, 2.45) is 9.98 Å². The van der Waals surface area contributed by atoms with E-state index in [1.807, 2.05) is 98.8 Å². The molecule has 0 aliphatic carbocycles. The normalized spacial score (nSPS) is 11.4. The van der Waals surface area contributed by atoms with Crippen molar-refractivity contribution >= 4 is 46.0 Å². The maximum Gasteiger partial charge on any atom is 0.0898 e. The van der Waals surface area contributed by atoms with Crippen molar-refractivity contribution in [3.05, 3.63) is 163 Å². The van der Waals surface area contributed by atoms with E-state index in [0.717, 1.165) is 55.9 Å². The first-order valence-corrected chi connectivity index (χ1v) is 15.2. The second-order valence-electron chi connectivity index (χ2n) is 10.6. The van der Waals surface area contributed by atoms with Gasteiger partial charge in [0.1, 0.15) is 0 Å². The van der Waals surface area contributed by atoms with Crippen molar-refractivity contribution in [3.8, 4) is 44.5 Å². The minimum atomic E-state index is 0. The van der Waals surface area contributed by atoms with Gasteiger partial charge in [-0.2, -0.15) is 0 Å². The van der Waals surface area contributed by atoms with E-state index in [-0.39, 0.29) is 23.9 Å². The van der Waals surface area contributed by atoms with Crippen LogP contribution >= 0.6 is 23.2 Å². The zero-order valence-corrected chi connectivity index (χ0v) is 28.3. The zero-order chi connectivity index (χ0) is 30.5. The van der Waals surface area contributed by atoms with Gasteiger partial charge in [-0.1, -0.05) is 145 Å². The maximum atomic E-state index is 6.98. The molecule has 46 heavy (non-hydrogen) atoms. The fourth-order valence-corrected chi connectivity index (χ4v) is 5.72. The Kier molecular flexibility index (Phi) is 11.9. The first-order valence-electron chi connectivity index (χ1n) is 14.5. The molecular formula is C41H33Cl2N2Ni-. The van der Waals surface area contributed by atoms with Crippen LogP contribution in [0.1, 0.15) is 13.8 Å². The number of hydrogen-bond donors (Lipinski definition) is 0. The SMILES string of the molecule is CC(=Nc1c(Cl)cc(-c2ccccc2)cc1-c1ccccc1)C(C)=Nc1c(Cl)cc(-c2ccccc2)cc1-c1ccccc1.[CH3-].[Ni]. The van der Waals surface area contributed by atoms with E-state index in [2.05, 4.69) is 60.7 Å². The summed E-state index contributed by atoms with van der Waals surface area (Å²) >= 11 is 14.0. The van der Waals surface area contributed by atoms with Crippen LogP contribution in [-0.2, 0) is 16.5 Å². The molecule has 0 amide bonds. The van der Waals surface area contributed by atoms with Crippen LogP contribution in [0.15, 0.2) is 156 Å². The predicted molar refractivity (Wildman–Crippen MR) is 197 cm³/mol. The van der Waals surface area contributed by atoms with Crippen molar-refractivity contribution in [1.82, 2.24) is 0 Å². The van der Waals surface area contributed by atoms with E-state index >= 15 is 0 Å². The molecule has 0 aliphatic heterocycles. The Morgan fingerprint density at radius 2 is 0.696 bits per heavy atom. The molecule has 6 aromatic carbocycles. The summed E-state index contributed by atoms with van der Waals surface area (Å²) in [5.41, 5.74) is 11.2. The van der Waals surface area contributed by atoms with Gasteiger partial charge >= 0.3 is 0 Å². The number of rotatable bonds is 7. The average molecular weight is 683 g/mol. The summed E-state index contributed by atoms with van der Waals surface area (Å²) in [5, 5.41) is 1.15. The van der Waals surface area contributed by atoms with E-state index < -0.39 is 0 Å². The summed E-state index contributed by atoms with van der Waals surface area (Å²) in [4.78, 5) is 10.1. The summed E-state index contributed by atoms with van der Waals surface area (Å²) in [5.74, 6) is 0. The molecule has 6 aromatic rings. The van der Waals surface area contributed by atoms with Crippen LogP contribution in [0.5, 0.6) is 0 Å².